The second-order valence-electron chi connectivity index (χ2n) is 5.16. The molecule has 2 aromatic carbocycles. The lowest BCUT2D eigenvalue weighted by Crippen LogP contribution is -2.02. The number of aromatic amines is 1. The molecule has 3 rings (SSSR count). The molecular weight excluding hydrogens is 354 g/mol. The number of H-pyrrole nitrogens is 1. The van der Waals surface area contributed by atoms with Crippen molar-refractivity contribution in [2.45, 2.75) is 5.16 Å². The number of aromatic nitrogens is 3. The Bertz CT molecular complexity index is 927. The Morgan fingerprint density at radius 2 is 2.04 bits per heavy atom. The Labute approximate surface area is 153 Å². The Hall–Kier alpha value is -3.33. The number of thioether (sulfide) groups is 1. The number of nitrogens with one attached hydrogen (secondary N) is 2. The van der Waals surface area contributed by atoms with Gasteiger partial charge >= 0.3 is 0 Å². The number of ketones is 1. The smallest absolute Gasteiger partial charge is 0.240 e. The number of hydrazone groups is 1. The van der Waals surface area contributed by atoms with Crippen LogP contribution in [-0.4, -0.2) is 43.1 Å². The Morgan fingerprint density at radius 1 is 1.23 bits per heavy atom. The van der Waals surface area contributed by atoms with Crippen LogP contribution in [0.4, 0.5) is 5.95 Å². The van der Waals surface area contributed by atoms with E-state index in [1.54, 1.807) is 12.1 Å². The third-order valence-corrected chi connectivity index (χ3v) is 4.13. The number of phenols is 2. The van der Waals surface area contributed by atoms with Crippen LogP contribution in [0.2, 0.25) is 0 Å². The van der Waals surface area contributed by atoms with Crippen molar-refractivity contribution in [3.8, 4) is 11.5 Å². The number of carbonyl (C=O) groups is 1. The molecule has 0 bridgehead atoms. The van der Waals surface area contributed by atoms with Gasteiger partial charge in [0.25, 0.3) is 0 Å². The standard InChI is InChI=1S/C17H15N5O3S/c23-13-7-6-12(14(24)8-13)9-18-20-16-19-17(22-21-16)26-10-15(25)11-4-2-1-3-5-11/h1-9,23-24H,10H2,(H2,19,20,21,22)/b18-9-. The predicted octanol–water partition coefficient (Wildman–Crippen LogP) is 2.64. The van der Waals surface area contributed by atoms with Crippen molar-refractivity contribution in [1.29, 1.82) is 0 Å². The number of carbonyl (C=O) groups excluding carboxylic acids is 1. The number of phenolic OH excluding ortho intramolecular Hbond substituents is 2. The fraction of sp³-hybridized carbons (Fsp3) is 0.0588. The predicted molar refractivity (Wildman–Crippen MR) is 98.9 cm³/mol. The molecule has 3 aromatic rings. The maximum absolute atomic E-state index is 12.0. The number of benzene rings is 2. The summed E-state index contributed by atoms with van der Waals surface area (Å²) in [5.41, 5.74) is 3.72. The summed E-state index contributed by atoms with van der Waals surface area (Å²) in [5.74, 6) is 0.398. The van der Waals surface area contributed by atoms with Crippen LogP contribution in [0.1, 0.15) is 15.9 Å². The van der Waals surface area contributed by atoms with Crippen LogP contribution in [0.15, 0.2) is 58.8 Å². The van der Waals surface area contributed by atoms with Gasteiger partial charge in [0.05, 0.1) is 12.0 Å². The van der Waals surface area contributed by atoms with E-state index in [1.807, 2.05) is 18.2 Å². The molecule has 4 N–H and O–H groups in total. The van der Waals surface area contributed by atoms with Crippen molar-refractivity contribution in [3.63, 3.8) is 0 Å². The summed E-state index contributed by atoms with van der Waals surface area (Å²) in [6.45, 7) is 0. The first-order chi connectivity index (χ1) is 12.6. The van der Waals surface area contributed by atoms with Crippen LogP contribution >= 0.6 is 11.8 Å². The second-order valence-corrected chi connectivity index (χ2v) is 6.10. The summed E-state index contributed by atoms with van der Waals surface area (Å²) < 4.78 is 0. The van der Waals surface area contributed by atoms with Gasteiger partial charge in [0.1, 0.15) is 11.5 Å². The molecule has 1 heterocycles. The molecule has 0 atom stereocenters. The van der Waals surface area contributed by atoms with Gasteiger partial charge in [-0.3, -0.25) is 4.79 Å². The van der Waals surface area contributed by atoms with E-state index in [4.69, 9.17) is 0 Å². The lowest BCUT2D eigenvalue weighted by molar-refractivity contribution is 0.102. The topological polar surface area (TPSA) is 123 Å². The molecule has 0 aliphatic heterocycles. The van der Waals surface area contributed by atoms with Crippen molar-refractivity contribution >= 4 is 29.7 Å². The lowest BCUT2D eigenvalue weighted by Gasteiger charge is -1.99. The SMILES string of the molecule is O=C(CSc1n[nH]c(N/N=C\c2ccc(O)cc2O)n1)c1ccccc1. The highest BCUT2D eigenvalue weighted by Gasteiger charge is 2.09. The highest BCUT2D eigenvalue weighted by atomic mass is 32.2. The first kappa shape index (κ1) is 17.5. The number of aromatic hydroxyl groups is 2. The summed E-state index contributed by atoms with van der Waals surface area (Å²) in [6.07, 6.45) is 1.38. The molecule has 0 aliphatic rings. The Kier molecular flexibility index (Phi) is 5.49. The average Bonchev–Trinajstić information content (AvgIpc) is 3.10. The van der Waals surface area contributed by atoms with Crippen LogP contribution in [0.25, 0.3) is 0 Å². The van der Waals surface area contributed by atoms with Crippen molar-refractivity contribution < 1.29 is 15.0 Å². The Balaban J connectivity index is 1.53. The largest absolute Gasteiger partial charge is 0.508 e. The minimum absolute atomic E-state index is 0.00395. The van der Waals surface area contributed by atoms with Crippen molar-refractivity contribution in [1.82, 2.24) is 15.2 Å². The number of nitrogens with zero attached hydrogens (tertiary/aromatic N) is 3. The molecule has 0 amide bonds. The second kappa shape index (κ2) is 8.17. The molecule has 26 heavy (non-hydrogen) atoms. The summed E-state index contributed by atoms with van der Waals surface area (Å²) in [4.78, 5) is 16.2. The molecule has 0 aliphatic carbocycles. The zero-order valence-corrected chi connectivity index (χ0v) is 14.3. The van der Waals surface area contributed by atoms with Crippen molar-refractivity contribution in [3.05, 3.63) is 59.7 Å². The monoisotopic (exact) mass is 369 g/mol. The number of hydrogen-bond donors (Lipinski definition) is 4. The van der Waals surface area contributed by atoms with E-state index < -0.39 is 0 Å². The van der Waals surface area contributed by atoms with E-state index in [2.05, 4.69) is 25.7 Å². The maximum Gasteiger partial charge on any atom is 0.240 e. The van der Waals surface area contributed by atoms with Gasteiger partial charge in [0, 0.05) is 17.2 Å². The molecule has 9 heteroatoms. The van der Waals surface area contributed by atoms with Crippen LogP contribution in [0.5, 0.6) is 11.5 Å². The molecular formula is C17H15N5O3S. The van der Waals surface area contributed by atoms with E-state index >= 15 is 0 Å². The van der Waals surface area contributed by atoms with E-state index in [0.29, 0.717) is 22.2 Å². The van der Waals surface area contributed by atoms with E-state index in [0.717, 1.165) is 0 Å². The number of anilines is 1. The molecule has 8 nitrogen and oxygen atoms in total. The van der Waals surface area contributed by atoms with Crippen LogP contribution in [0.3, 0.4) is 0 Å². The summed E-state index contributed by atoms with van der Waals surface area (Å²) in [5, 5.41) is 29.9. The third-order valence-electron chi connectivity index (χ3n) is 3.28. The zero-order chi connectivity index (χ0) is 18.4. The van der Waals surface area contributed by atoms with Gasteiger partial charge in [-0.25, -0.2) is 10.5 Å². The summed E-state index contributed by atoms with van der Waals surface area (Å²) >= 11 is 1.22. The molecule has 132 valence electrons. The minimum Gasteiger partial charge on any atom is -0.508 e. The first-order valence-corrected chi connectivity index (χ1v) is 8.55. The van der Waals surface area contributed by atoms with Crippen LogP contribution in [-0.2, 0) is 0 Å². The normalized spacial score (nSPS) is 10.9. The number of hydrogen-bond acceptors (Lipinski definition) is 8. The fourth-order valence-electron chi connectivity index (χ4n) is 2.00. The first-order valence-electron chi connectivity index (χ1n) is 7.56. The quantitative estimate of drug-likeness (QED) is 0.218. The van der Waals surface area contributed by atoms with Gasteiger partial charge in [-0.1, -0.05) is 42.1 Å². The van der Waals surface area contributed by atoms with Crippen molar-refractivity contribution in [2.24, 2.45) is 5.10 Å². The Morgan fingerprint density at radius 3 is 2.81 bits per heavy atom. The zero-order valence-electron chi connectivity index (χ0n) is 13.5. The van der Waals surface area contributed by atoms with E-state index in [-0.39, 0.29) is 23.0 Å². The van der Waals surface area contributed by atoms with Gasteiger partial charge in [-0.05, 0) is 12.1 Å². The van der Waals surface area contributed by atoms with Gasteiger partial charge in [0.2, 0.25) is 11.1 Å². The molecule has 0 saturated heterocycles. The van der Waals surface area contributed by atoms with Crippen LogP contribution < -0.4 is 5.43 Å². The molecule has 0 spiro atoms. The van der Waals surface area contributed by atoms with E-state index in [1.165, 1.54) is 36.2 Å². The number of rotatable bonds is 7. The molecule has 0 radical (unpaired) electrons. The summed E-state index contributed by atoms with van der Waals surface area (Å²) in [6, 6.07) is 13.2. The van der Waals surface area contributed by atoms with E-state index in [9.17, 15) is 15.0 Å². The van der Waals surface area contributed by atoms with Gasteiger partial charge in [-0.2, -0.15) is 10.1 Å². The average molecular weight is 369 g/mol. The molecule has 0 saturated carbocycles. The maximum atomic E-state index is 12.0. The molecule has 0 fully saturated rings. The third kappa shape index (κ3) is 4.61. The highest BCUT2D eigenvalue weighted by Crippen LogP contribution is 2.21. The molecule has 1 aromatic heterocycles. The number of Topliss-reactive ketones (excluding diaryl/α,β-unsaturated/α-hetero) is 1. The van der Waals surface area contributed by atoms with Crippen LogP contribution in [0, 0.1) is 0 Å². The summed E-state index contributed by atoms with van der Waals surface area (Å²) in [7, 11) is 0. The molecule has 0 unspecified atom stereocenters. The fourth-order valence-corrected chi connectivity index (χ4v) is 2.70. The van der Waals surface area contributed by atoms with Crippen molar-refractivity contribution in [2.75, 3.05) is 11.2 Å². The van der Waals surface area contributed by atoms with Gasteiger partial charge < -0.3 is 10.2 Å². The van der Waals surface area contributed by atoms with Gasteiger partial charge in [-0.15, -0.1) is 5.10 Å². The minimum atomic E-state index is -0.0937. The van der Waals surface area contributed by atoms with Gasteiger partial charge in [0.15, 0.2) is 5.78 Å². The lowest BCUT2D eigenvalue weighted by atomic mass is 10.2. The highest BCUT2D eigenvalue weighted by molar-refractivity contribution is 7.99.